The fourth-order valence-corrected chi connectivity index (χ4v) is 8.20. The Morgan fingerprint density at radius 2 is 0.512 bits per heavy atom. The molecular weight excluding hydrogens is 623 g/mol. The van der Waals surface area contributed by atoms with Crippen LogP contribution in [0.2, 0.25) is 0 Å². The topological polar surface area (TPSA) is 0 Å². The van der Waals surface area contributed by atoms with E-state index >= 15 is 0 Å². The molecule has 233 valence electrons. The Bertz CT molecular complexity index is 1260. The van der Waals surface area contributed by atoms with E-state index in [1.807, 2.05) is 0 Å². The molecule has 3 rings (SSSR count). The molecule has 0 heterocycles. The zero-order valence-corrected chi connectivity index (χ0v) is 33.4. The van der Waals surface area contributed by atoms with Gasteiger partial charge in [-0.15, -0.1) is 0 Å². The van der Waals surface area contributed by atoms with E-state index in [4.69, 9.17) is 0 Å². The van der Waals surface area contributed by atoms with Crippen molar-refractivity contribution in [3.63, 3.8) is 0 Å². The summed E-state index contributed by atoms with van der Waals surface area (Å²) in [5, 5.41) is 0. The molecule has 0 aliphatic heterocycles. The summed E-state index contributed by atoms with van der Waals surface area (Å²) in [6.07, 6.45) is 0. The van der Waals surface area contributed by atoms with Crippen molar-refractivity contribution in [2.24, 2.45) is 0 Å². The molecular formula is C42H61Sn. The quantitative estimate of drug-likeness (QED) is 0.187. The second-order valence-corrected chi connectivity index (χ2v) is 17.0. The van der Waals surface area contributed by atoms with Gasteiger partial charge in [-0.2, -0.15) is 0 Å². The molecule has 0 N–H and O–H groups in total. The van der Waals surface area contributed by atoms with Crippen molar-refractivity contribution in [3.05, 3.63) is 74.8 Å². The number of benzene rings is 3. The molecule has 0 atom stereocenters. The summed E-state index contributed by atoms with van der Waals surface area (Å²) in [4.78, 5) is 0. The van der Waals surface area contributed by atoms with Crippen LogP contribution in [0.1, 0.15) is 203 Å². The average molecular weight is 685 g/mol. The molecule has 0 amide bonds. The fraction of sp³-hybridized carbons (Fsp3) is 0.571. The van der Waals surface area contributed by atoms with Gasteiger partial charge in [0.2, 0.25) is 0 Å². The van der Waals surface area contributed by atoms with Gasteiger partial charge in [-0.1, -0.05) is 0 Å². The molecule has 3 radical (unpaired) electrons. The van der Waals surface area contributed by atoms with Crippen molar-refractivity contribution in [1.82, 2.24) is 0 Å². The number of hydrogen-bond donors (Lipinski definition) is 0. The van der Waals surface area contributed by atoms with Gasteiger partial charge in [-0.25, -0.2) is 0 Å². The fourth-order valence-electron chi connectivity index (χ4n) is 6.66. The van der Waals surface area contributed by atoms with Crippen LogP contribution in [-0.4, -0.2) is 22.5 Å². The standard InChI is InChI=1S/C42H61.Sn/c1-23(2)31-17-35(27(9)10)41(36(18-31)28(11)12)39-22-40(34(26(7)8)21-33(39)25(5)6)42-37(29(13)14)19-32(24(3)4)20-38(42)30(15)16;/h17-21,23-30H,1-16H3;. The molecule has 0 aliphatic rings. The first kappa shape index (κ1) is 35.9. The first-order chi connectivity index (χ1) is 19.9. The van der Waals surface area contributed by atoms with Crippen LogP contribution in [0, 0.1) is 0 Å². The van der Waals surface area contributed by atoms with E-state index in [0.717, 1.165) is 0 Å². The van der Waals surface area contributed by atoms with Crippen LogP contribution < -0.4 is 3.58 Å². The molecule has 0 aromatic heterocycles. The molecule has 0 fully saturated rings. The van der Waals surface area contributed by atoms with E-state index in [2.05, 4.69) is 141 Å². The third-order valence-corrected chi connectivity index (χ3v) is 10.8. The van der Waals surface area contributed by atoms with E-state index < -0.39 is 0 Å². The van der Waals surface area contributed by atoms with E-state index in [1.54, 1.807) is 3.58 Å². The molecule has 0 bridgehead atoms. The van der Waals surface area contributed by atoms with Gasteiger partial charge in [0.25, 0.3) is 0 Å². The first-order valence-electron chi connectivity index (χ1n) is 17.2. The van der Waals surface area contributed by atoms with Crippen molar-refractivity contribution >= 4 is 26.1 Å². The summed E-state index contributed by atoms with van der Waals surface area (Å²) >= 11 is 1.51. The maximum absolute atomic E-state index is 2.63. The third-order valence-electron chi connectivity index (χ3n) is 9.40. The monoisotopic (exact) mass is 685 g/mol. The normalized spacial score (nSPS) is 12.6. The molecule has 3 aromatic rings. The molecule has 0 saturated heterocycles. The van der Waals surface area contributed by atoms with Crippen LogP contribution >= 0.6 is 0 Å². The second-order valence-electron chi connectivity index (χ2n) is 15.6. The zero-order valence-electron chi connectivity index (χ0n) is 30.5. The van der Waals surface area contributed by atoms with Gasteiger partial charge in [-0.3, -0.25) is 0 Å². The molecule has 0 spiro atoms. The third kappa shape index (κ3) is 7.31. The Morgan fingerprint density at radius 1 is 0.302 bits per heavy atom. The summed E-state index contributed by atoms with van der Waals surface area (Å²) in [7, 11) is 0. The van der Waals surface area contributed by atoms with E-state index in [0.29, 0.717) is 47.3 Å². The summed E-state index contributed by atoms with van der Waals surface area (Å²) in [5.41, 5.74) is 18.2. The van der Waals surface area contributed by atoms with Gasteiger partial charge < -0.3 is 0 Å². The summed E-state index contributed by atoms with van der Waals surface area (Å²) in [6.45, 7) is 38.2. The Morgan fingerprint density at radius 3 is 0.698 bits per heavy atom. The van der Waals surface area contributed by atoms with E-state index in [-0.39, 0.29) is 0 Å². The maximum atomic E-state index is 2.63. The molecule has 0 nitrogen and oxygen atoms in total. The number of rotatable bonds is 10. The van der Waals surface area contributed by atoms with Crippen molar-refractivity contribution in [2.45, 2.75) is 158 Å². The predicted molar refractivity (Wildman–Crippen MR) is 195 cm³/mol. The molecule has 0 unspecified atom stereocenters. The summed E-state index contributed by atoms with van der Waals surface area (Å²) in [6, 6.07) is 12.8. The molecule has 3 aromatic carbocycles. The SMILES string of the molecule is CC(C)c1cc(C(C)C)c(-c2c(C(C)C)cc(C(C)C)c(-c3c(C(C)C)cc(C(C)C)cc3C(C)C)[c]2[Sn])c(C(C)C)c1. The number of hydrogen-bond acceptors (Lipinski definition) is 0. The first-order valence-corrected chi connectivity index (χ1v) is 18.6. The van der Waals surface area contributed by atoms with Gasteiger partial charge in [0.05, 0.1) is 0 Å². The van der Waals surface area contributed by atoms with Crippen LogP contribution in [-0.2, 0) is 0 Å². The van der Waals surface area contributed by atoms with Crippen LogP contribution in [0.4, 0.5) is 0 Å². The van der Waals surface area contributed by atoms with Gasteiger partial charge in [0, 0.05) is 0 Å². The van der Waals surface area contributed by atoms with Crippen molar-refractivity contribution in [3.8, 4) is 22.3 Å². The van der Waals surface area contributed by atoms with E-state index in [9.17, 15) is 0 Å². The minimum absolute atomic E-state index is 0.447. The van der Waals surface area contributed by atoms with Crippen molar-refractivity contribution in [2.75, 3.05) is 0 Å². The zero-order chi connectivity index (χ0) is 32.7. The van der Waals surface area contributed by atoms with Crippen LogP contribution in [0.15, 0.2) is 30.3 Å². The van der Waals surface area contributed by atoms with Crippen LogP contribution in [0.3, 0.4) is 0 Å². The summed E-state index contributed by atoms with van der Waals surface area (Å²) in [5.74, 6) is 3.75. The van der Waals surface area contributed by atoms with Crippen molar-refractivity contribution < 1.29 is 0 Å². The Kier molecular flexibility index (Phi) is 11.9. The Balaban J connectivity index is 2.72. The van der Waals surface area contributed by atoms with Gasteiger partial charge in [-0.05, 0) is 0 Å². The molecule has 0 aliphatic carbocycles. The molecule has 0 saturated carbocycles. The van der Waals surface area contributed by atoms with Crippen LogP contribution in [0.25, 0.3) is 22.3 Å². The Hall–Kier alpha value is -1.54. The second kappa shape index (κ2) is 14.3. The van der Waals surface area contributed by atoms with Gasteiger partial charge in [0.1, 0.15) is 0 Å². The average Bonchev–Trinajstić information content (AvgIpc) is 2.90. The minimum atomic E-state index is 0.447. The predicted octanol–water partition coefficient (Wildman–Crippen LogP) is 12.8. The van der Waals surface area contributed by atoms with Gasteiger partial charge in [0.15, 0.2) is 0 Å². The van der Waals surface area contributed by atoms with Crippen molar-refractivity contribution in [1.29, 1.82) is 0 Å². The van der Waals surface area contributed by atoms with Gasteiger partial charge >= 0.3 is 281 Å². The molecule has 1 heteroatoms. The van der Waals surface area contributed by atoms with Crippen LogP contribution in [0.5, 0.6) is 0 Å². The Labute approximate surface area is 280 Å². The van der Waals surface area contributed by atoms with E-state index in [1.165, 1.54) is 89.3 Å². The molecule has 43 heavy (non-hydrogen) atoms. The summed E-state index contributed by atoms with van der Waals surface area (Å²) < 4.78 is 1.56.